The van der Waals surface area contributed by atoms with Gasteiger partial charge in [0.2, 0.25) is 0 Å². The molecule has 1 aliphatic rings. The van der Waals surface area contributed by atoms with Crippen molar-refractivity contribution in [1.82, 2.24) is 0 Å². The molecule has 0 radical (unpaired) electrons. The molecule has 0 atom stereocenters. The molecule has 0 unspecified atom stereocenters. The van der Waals surface area contributed by atoms with Crippen LogP contribution in [-0.2, 0) is 4.79 Å². The number of rotatable bonds is 3. The molecule has 0 aromatic heterocycles. The van der Waals surface area contributed by atoms with Crippen LogP contribution in [0.3, 0.4) is 0 Å². The van der Waals surface area contributed by atoms with E-state index in [0.29, 0.717) is 10.9 Å². The molecule has 96 valence electrons. The van der Waals surface area contributed by atoms with Gasteiger partial charge in [-0.1, -0.05) is 43.0 Å². The molecule has 1 aliphatic carbocycles. The fourth-order valence-electron chi connectivity index (χ4n) is 2.63. The molecule has 1 N–H and O–H groups in total. The van der Waals surface area contributed by atoms with Gasteiger partial charge in [0.25, 0.3) is 0 Å². The van der Waals surface area contributed by atoms with Crippen molar-refractivity contribution in [2.24, 2.45) is 5.92 Å². The molecule has 1 saturated carbocycles. The van der Waals surface area contributed by atoms with Gasteiger partial charge in [0.1, 0.15) is 0 Å². The molecule has 0 bridgehead atoms. The summed E-state index contributed by atoms with van der Waals surface area (Å²) in [7, 11) is 0. The van der Waals surface area contributed by atoms with Gasteiger partial charge in [0.15, 0.2) is 0 Å². The summed E-state index contributed by atoms with van der Waals surface area (Å²) in [6.45, 7) is 0. The summed E-state index contributed by atoms with van der Waals surface area (Å²) < 4.78 is 0. The molecule has 0 aliphatic heterocycles. The van der Waals surface area contributed by atoms with E-state index in [9.17, 15) is 4.79 Å². The van der Waals surface area contributed by atoms with E-state index in [0.717, 1.165) is 24.0 Å². The summed E-state index contributed by atoms with van der Waals surface area (Å²) in [6.07, 6.45) is 7.17. The molecule has 2 rings (SSSR count). The number of hydrogen-bond donors (Lipinski definition) is 1. The van der Waals surface area contributed by atoms with E-state index >= 15 is 0 Å². The lowest BCUT2D eigenvalue weighted by Crippen LogP contribution is -2.10. The summed E-state index contributed by atoms with van der Waals surface area (Å²) in [5.41, 5.74) is 1.92. The van der Waals surface area contributed by atoms with Crippen molar-refractivity contribution in [3.63, 3.8) is 0 Å². The Balaban J connectivity index is 2.30. The first kappa shape index (κ1) is 13.2. The van der Waals surface area contributed by atoms with Gasteiger partial charge in [-0.15, -0.1) is 0 Å². The van der Waals surface area contributed by atoms with Crippen LogP contribution in [0.4, 0.5) is 0 Å². The van der Waals surface area contributed by atoms with Crippen LogP contribution in [0.1, 0.15) is 37.7 Å². The normalized spacial score (nSPS) is 17.7. The number of carbonyl (C=O) groups is 1. The second-order valence-corrected chi connectivity index (χ2v) is 5.22. The molecule has 1 aromatic carbocycles. The number of carboxylic acids is 1. The van der Waals surface area contributed by atoms with Gasteiger partial charge in [0.05, 0.1) is 0 Å². The zero-order valence-electron chi connectivity index (χ0n) is 10.2. The van der Waals surface area contributed by atoms with E-state index in [1.807, 2.05) is 24.3 Å². The van der Waals surface area contributed by atoms with Gasteiger partial charge in [-0.25, -0.2) is 4.79 Å². The number of hydrogen-bond acceptors (Lipinski definition) is 1. The van der Waals surface area contributed by atoms with Gasteiger partial charge in [-0.3, -0.25) is 0 Å². The van der Waals surface area contributed by atoms with E-state index in [1.54, 1.807) is 0 Å². The monoisotopic (exact) mass is 264 g/mol. The molecule has 0 saturated heterocycles. The van der Waals surface area contributed by atoms with Crippen molar-refractivity contribution in [2.75, 3.05) is 0 Å². The molecule has 1 fully saturated rings. The maximum atomic E-state index is 11.0. The second-order valence-electron chi connectivity index (χ2n) is 4.78. The van der Waals surface area contributed by atoms with Gasteiger partial charge >= 0.3 is 5.97 Å². The number of benzene rings is 1. The highest BCUT2D eigenvalue weighted by Gasteiger charge is 2.20. The minimum atomic E-state index is -0.870. The molecular formula is C15H17ClO2. The predicted octanol–water partition coefficient (Wildman–Crippen LogP) is 4.39. The van der Waals surface area contributed by atoms with E-state index < -0.39 is 5.97 Å². The summed E-state index contributed by atoms with van der Waals surface area (Å²) in [5.74, 6) is -0.499. The fourth-order valence-corrected chi connectivity index (χ4v) is 2.75. The summed E-state index contributed by atoms with van der Waals surface area (Å²) in [4.78, 5) is 11.0. The lowest BCUT2D eigenvalue weighted by molar-refractivity contribution is -0.131. The Morgan fingerprint density at radius 2 is 1.78 bits per heavy atom. The number of halogens is 1. The summed E-state index contributed by atoms with van der Waals surface area (Å²) >= 11 is 5.87. The average Bonchev–Trinajstić information content (AvgIpc) is 2.38. The van der Waals surface area contributed by atoms with E-state index in [1.165, 1.54) is 25.3 Å². The van der Waals surface area contributed by atoms with Crippen LogP contribution >= 0.6 is 11.6 Å². The van der Waals surface area contributed by atoms with Crippen molar-refractivity contribution in [1.29, 1.82) is 0 Å². The highest BCUT2D eigenvalue weighted by molar-refractivity contribution is 6.30. The first-order valence-corrected chi connectivity index (χ1v) is 6.75. The van der Waals surface area contributed by atoms with Crippen molar-refractivity contribution in [3.8, 4) is 0 Å². The van der Waals surface area contributed by atoms with Crippen LogP contribution in [-0.4, -0.2) is 11.1 Å². The Morgan fingerprint density at radius 3 is 2.33 bits per heavy atom. The van der Waals surface area contributed by atoms with Crippen LogP contribution < -0.4 is 0 Å². The van der Waals surface area contributed by atoms with Gasteiger partial charge in [0, 0.05) is 11.1 Å². The van der Waals surface area contributed by atoms with Crippen LogP contribution in [0, 0.1) is 5.92 Å². The Bertz CT molecular complexity index is 442. The highest BCUT2D eigenvalue weighted by Crippen LogP contribution is 2.35. The van der Waals surface area contributed by atoms with E-state index in [-0.39, 0.29) is 0 Å². The first-order valence-electron chi connectivity index (χ1n) is 6.37. The number of allylic oxidation sites excluding steroid dienone is 1. The molecule has 1 aromatic rings. The summed E-state index contributed by atoms with van der Waals surface area (Å²) in [5, 5.41) is 9.71. The lowest BCUT2D eigenvalue weighted by Gasteiger charge is -2.24. The Kier molecular flexibility index (Phi) is 4.43. The lowest BCUT2D eigenvalue weighted by atomic mass is 9.81. The van der Waals surface area contributed by atoms with Crippen LogP contribution in [0.2, 0.25) is 5.02 Å². The number of carboxylic acid groups (broad SMARTS) is 1. The molecule has 18 heavy (non-hydrogen) atoms. The molecule has 0 spiro atoms. The zero-order chi connectivity index (χ0) is 13.0. The van der Waals surface area contributed by atoms with Crippen molar-refractivity contribution >= 4 is 23.1 Å². The standard InChI is InChI=1S/C15H17ClO2/c16-13-8-6-12(7-9-13)14(10-15(17)18)11-4-2-1-3-5-11/h6-11H,1-5H2,(H,17,18)/b14-10+. The van der Waals surface area contributed by atoms with Crippen LogP contribution in [0.5, 0.6) is 0 Å². The molecule has 2 nitrogen and oxygen atoms in total. The minimum absolute atomic E-state index is 0.371. The largest absolute Gasteiger partial charge is 0.478 e. The minimum Gasteiger partial charge on any atom is -0.478 e. The predicted molar refractivity (Wildman–Crippen MR) is 73.6 cm³/mol. The SMILES string of the molecule is O=C(O)/C=C(/c1ccc(Cl)cc1)C1CCCCC1. The Labute approximate surface area is 112 Å². The third kappa shape index (κ3) is 3.36. The van der Waals surface area contributed by atoms with Crippen molar-refractivity contribution in [3.05, 3.63) is 40.9 Å². The van der Waals surface area contributed by atoms with E-state index in [2.05, 4.69) is 0 Å². The highest BCUT2D eigenvalue weighted by atomic mass is 35.5. The van der Waals surface area contributed by atoms with Gasteiger partial charge in [-0.2, -0.15) is 0 Å². The topological polar surface area (TPSA) is 37.3 Å². The molecule has 0 amide bonds. The van der Waals surface area contributed by atoms with Crippen LogP contribution in [0.15, 0.2) is 30.3 Å². The third-order valence-corrected chi connectivity index (χ3v) is 3.75. The van der Waals surface area contributed by atoms with Crippen LogP contribution in [0.25, 0.3) is 5.57 Å². The van der Waals surface area contributed by atoms with Crippen molar-refractivity contribution in [2.45, 2.75) is 32.1 Å². The van der Waals surface area contributed by atoms with E-state index in [4.69, 9.17) is 16.7 Å². The maximum Gasteiger partial charge on any atom is 0.328 e. The fraction of sp³-hybridized carbons (Fsp3) is 0.400. The maximum absolute atomic E-state index is 11.0. The number of aliphatic carboxylic acids is 1. The summed E-state index contributed by atoms with van der Waals surface area (Å²) in [6, 6.07) is 7.45. The Hall–Kier alpha value is -1.28. The third-order valence-electron chi connectivity index (χ3n) is 3.50. The molecule has 3 heteroatoms. The first-order chi connectivity index (χ1) is 8.66. The Morgan fingerprint density at radius 1 is 1.17 bits per heavy atom. The van der Waals surface area contributed by atoms with Gasteiger partial charge in [-0.05, 0) is 42.0 Å². The second kappa shape index (κ2) is 6.05. The van der Waals surface area contributed by atoms with Crippen molar-refractivity contribution < 1.29 is 9.90 Å². The molecule has 0 heterocycles. The molecular weight excluding hydrogens is 248 g/mol. The smallest absolute Gasteiger partial charge is 0.328 e. The quantitative estimate of drug-likeness (QED) is 0.822. The average molecular weight is 265 g/mol. The zero-order valence-corrected chi connectivity index (χ0v) is 11.0. The van der Waals surface area contributed by atoms with Gasteiger partial charge < -0.3 is 5.11 Å².